The van der Waals surface area contributed by atoms with Crippen molar-refractivity contribution >= 4 is 27.5 Å². The van der Waals surface area contributed by atoms with Gasteiger partial charge in [-0.15, -0.1) is 0 Å². The molecule has 0 aliphatic rings. The van der Waals surface area contributed by atoms with Gasteiger partial charge in [0.2, 0.25) is 0 Å². The SMILES string of the molecule is Clc1cc(-c2ccccc2Br)ccn1. The highest BCUT2D eigenvalue weighted by molar-refractivity contribution is 9.10. The van der Waals surface area contributed by atoms with Crippen molar-refractivity contribution in [1.82, 2.24) is 4.98 Å². The molecule has 0 bridgehead atoms. The minimum Gasteiger partial charge on any atom is -0.245 e. The lowest BCUT2D eigenvalue weighted by molar-refractivity contribution is 1.33. The fourth-order valence-electron chi connectivity index (χ4n) is 1.27. The number of rotatable bonds is 1. The molecule has 0 saturated heterocycles. The molecule has 0 saturated carbocycles. The van der Waals surface area contributed by atoms with Gasteiger partial charge in [0, 0.05) is 10.7 Å². The van der Waals surface area contributed by atoms with Crippen LogP contribution < -0.4 is 0 Å². The van der Waals surface area contributed by atoms with Crippen molar-refractivity contribution < 1.29 is 0 Å². The van der Waals surface area contributed by atoms with Gasteiger partial charge in [0.25, 0.3) is 0 Å². The first kappa shape index (κ1) is 9.69. The van der Waals surface area contributed by atoms with E-state index in [0.717, 1.165) is 15.6 Å². The van der Waals surface area contributed by atoms with Crippen LogP contribution in [-0.2, 0) is 0 Å². The molecule has 0 N–H and O–H groups in total. The molecule has 14 heavy (non-hydrogen) atoms. The number of hydrogen-bond donors (Lipinski definition) is 0. The van der Waals surface area contributed by atoms with Crippen LogP contribution in [-0.4, -0.2) is 4.98 Å². The molecule has 0 aliphatic heterocycles. The van der Waals surface area contributed by atoms with Crippen molar-refractivity contribution in [2.45, 2.75) is 0 Å². The molecule has 1 nitrogen and oxygen atoms in total. The second-order valence-corrected chi connectivity index (χ2v) is 4.09. The number of halogens is 2. The van der Waals surface area contributed by atoms with Crippen LogP contribution in [0.2, 0.25) is 5.15 Å². The molecule has 1 aromatic heterocycles. The van der Waals surface area contributed by atoms with E-state index in [4.69, 9.17) is 11.6 Å². The minimum atomic E-state index is 0.512. The van der Waals surface area contributed by atoms with Gasteiger partial charge >= 0.3 is 0 Å². The smallest absolute Gasteiger partial charge is 0.129 e. The van der Waals surface area contributed by atoms with Crippen LogP contribution in [0.15, 0.2) is 47.1 Å². The molecule has 0 aliphatic carbocycles. The van der Waals surface area contributed by atoms with Crippen LogP contribution in [0, 0.1) is 0 Å². The quantitative estimate of drug-likeness (QED) is 0.708. The number of aromatic nitrogens is 1. The monoisotopic (exact) mass is 267 g/mol. The fraction of sp³-hybridized carbons (Fsp3) is 0. The summed E-state index contributed by atoms with van der Waals surface area (Å²) in [6, 6.07) is 11.8. The predicted octanol–water partition coefficient (Wildman–Crippen LogP) is 4.16. The molecule has 2 aromatic rings. The third kappa shape index (κ3) is 1.97. The lowest BCUT2D eigenvalue weighted by Crippen LogP contribution is -1.81. The zero-order valence-corrected chi connectivity index (χ0v) is 9.59. The third-order valence-corrected chi connectivity index (χ3v) is 2.81. The van der Waals surface area contributed by atoms with Gasteiger partial charge in [0.05, 0.1) is 0 Å². The number of benzene rings is 1. The minimum absolute atomic E-state index is 0.512. The zero-order chi connectivity index (χ0) is 9.97. The summed E-state index contributed by atoms with van der Waals surface area (Å²) in [5, 5.41) is 0.512. The maximum absolute atomic E-state index is 5.82. The van der Waals surface area contributed by atoms with E-state index >= 15 is 0 Å². The van der Waals surface area contributed by atoms with E-state index in [0.29, 0.717) is 5.15 Å². The third-order valence-electron chi connectivity index (χ3n) is 1.91. The highest BCUT2D eigenvalue weighted by atomic mass is 79.9. The first-order valence-electron chi connectivity index (χ1n) is 4.14. The molecular formula is C11H7BrClN. The Morgan fingerprint density at radius 3 is 2.64 bits per heavy atom. The van der Waals surface area contributed by atoms with Crippen LogP contribution in [0.25, 0.3) is 11.1 Å². The standard InChI is InChI=1S/C11H7BrClN/c12-10-4-2-1-3-9(10)8-5-6-14-11(13)7-8/h1-7H. The summed E-state index contributed by atoms with van der Waals surface area (Å²) in [5.41, 5.74) is 2.19. The van der Waals surface area contributed by atoms with Crippen LogP contribution in [0.5, 0.6) is 0 Å². The first-order valence-corrected chi connectivity index (χ1v) is 5.31. The molecule has 0 unspecified atom stereocenters. The van der Waals surface area contributed by atoms with Crippen molar-refractivity contribution in [1.29, 1.82) is 0 Å². The molecular weight excluding hydrogens is 261 g/mol. The number of pyridine rings is 1. The van der Waals surface area contributed by atoms with Crippen molar-refractivity contribution in [3.05, 3.63) is 52.2 Å². The lowest BCUT2D eigenvalue weighted by atomic mass is 10.1. The van der Waals surface area contributed by atoms with E-state index in [-0.39, 0.29) is 0 Å². The molecule has 1 aromatic carbocycles. The van der Waals surface area contributed by atoms with Crippen LogP contribution >= 0.6 is 27.5 Å². The Morgan fingerprint density at radius 1 is 1.14 bits per heavy atom. The van der Waals surface area contributed by atoms with E-state index < -0.39 is 0 Å². The summed E-state index contributed by atoms with van der Waals surface area (Å²) in [6.45, 7) is 0. The highest BCUT2D eigenvalue weighted by Gasteiger charge is 2.02. The van der Waals surface area contributed by atoms with Gasteiger partial charge in [-0.3, -0.25) is 0 Å². The van der Waals surface area contributed by atoms with E-state index in [1.54, 1.807) is 6.20 Å². The first-order chi connectivity index (χ1) is 6.77. The molecule has 70 valence electrons. The number of nitrogens with zero attached hydrogens (tertiary/aromatic N) is 1. The molecule has 0 radical (unpaired) electrons. The molecule has 1 heterocycles. The molecule has 2 rings (SSSR count). The Morgan fingerprint density at radius 2 is 1.93 bits per heavy atom. The van der Waals surface area contributed by atoms with E-state index in [1.165, 1.54) is 0 Å². The maximum atomic E-state index is 5.82. The molecule has 0 amide bonds. The summed E-state index contributed by atoms with van der Waals surface area (Å²) in [7, 11) is 0. The van der Waals surface area contributed by atoms with Crippen LogP contribution in [0.3, 0.4) is 0 Å². The summed E-state index contributed by atoms with van der Waals surface area (Å²) < 4.78 is 1.06. The van der Waals surface area contributed by atoms with E-state index in [9.17, 15) is 0 Å². The van der Waals surface area contributed by atoms with Gasteiger partial charge < -0.3 is 0 Å². The van der Waals surface area contributed by atoms with E-state index in [1.807, 2.05) is 36.4 Å². The zero-order valence-electron chi connectivity index (χ0n) is 7.24. The Kier molecular flexibility index (Phi) is 2.85. The van der Waals surface area contributed by atoms with Gasteiger partial charge in [-0.1, -0.05) is 45.7 Å². The summed E-state index contributed by atoms with van der Waals surface area (Å²) in [6.07, 6.45) is 1.71. The van der Waals surface area contributed by atoms with Gasteiger partial charge in [-0.05, 0) is 29.3 Å². The van der Waals surface area contributed by atoms with Crippen LogP contribution in [0.1, 0.15) is 0 Å². The Balaban J connectivity index is 2.55. The maximum Gasteiger partial charge on any atom is 0.129 e. The Bertz CT molecular complexity index is 457. The molecule has 0 spiro atoms. The summed E-state index contributed by atoms with van der Waals surface area (Å²) in [5.74, 6) is 0. The van der Waals surface area contributed by atoms with Crippen molar-refractivity contribution in [3.8, 4) is 11.1 Å². The number of hydrogen-bond acceptors (Lipinski definition) is 1. The van der Waals surface area contributed by atoms with Gasteiger partial charge in [0.1, 0.15) is 5.15 Å². The predicted molar refractivity (Wildman–Crippen MR) is 62.4 cm³/mol. The Labute approximate surface area is 95.9 Å². The van der Waals surface area contributed by atoms with Gasteiger partial charge in [0.15, 0.2) is 0 Å². The second-order valence-electron chi connectivity index (χ2n) is 2.85. The average molecular weight is 269 g/mol. The largest absolute Gasteiger partial charge is 0.245 e. The van der Waals surface area contributed by atoms with Crippen molar-refractivity contribution in [3.63, 3.8) is 0 Å². The van der Waals surface area contributed by atoms with Gasteiger partial charge in [-0.2, -0.15) is 0 Å². The molecule has 0 fully saturated rings. The van der Waals surface area contributed by atoms with Crippen molar-refractivity contribution in [2.24, 2.45) is 0 Å². The molecule has 0 atom stereocenters. The summed E-state index contributed by atoms with van der Waals surface area (Å²) in [4.78, 5) is 3.95. The molecule has 3 heteroatoms. The normalized spacial score (nSPS) is 10.1. The van der Waals surface area contributed by atoms with Crippen LogP contribution in [0.4, 0.5) is 0 Å². The second kappa shape index (κ2) is 4.11. The average Bonchev–Trinajstić information content (AvgIpc) is 2.18. The topological polar surface area (TPSA) is 12.9 Å². The summed E-state index contributed by atoms with van der Waals surface area (Å²) >= 11 is 9.31. The van der Waals surface area contributed by atoms with Crippen molar-refractivity contribution in [2.75, 3.05) is 0 Å². The highest BCUT2D eigenvalue weighted by Crippen LogP contribution is 2.28. The van der Waals surface area contributed by atoms with Gasteiger partial charge in [-0.25, -0.2) is 4.98 Å². The Hall–Kier alpha value is -0.860. The fourth-order valence-corrected chi connectivity index (χ4v) is 1.95. The van der Waals surface area contributed by atoms with E-state index in [2.05, 4.69) is 20.9 Å². The lowest BCUT2D eigenvalue weighted by Gasteiger charge is -2.03.